The minimum Gasteiger partial charge on any atom is -0.491 e. The molecule has 10 heteroatoms. The number of hydrazine groups is 1. The van der Waals surface area contributed by atoms with E-state index in [4.69, 9.17) is 16.3 Å². The Morgan fingerprint density at radius 3 is 2.03 bits per heavy atom. The van der Waals surface area contributed by atoms with Crippen molar-refractivity contribution in [2.75, 3.05) is 13.1 Å². The maximum Gasteiger partial charge on any atom is 0.269 e. The molecular weight excluding hydrogens is 466 g/mol. The molecule has 2 aromatic rings. The fraction of sp³-hybridized carbons (Fsp3) is 0.391. The summed E-state index contributed by atoms with van der Waals surface area (Å²) >= 11 is 6.18. The molecule has 1 saturated heterocycles. The average Bonchev–Trinajstić information content (AvgIpc) is 3.08. The topological polar surface area (TPSA) is 105 Å². The van der Waals surface area contributed by atoms with Gasteiger partial charge in [-0.05, 0) is 69.2 Å². The van der Waals surface area contributed by atoms with Gasteiger partial charge in [-0.15, -0.1) is 0 Å². The molecule has 178 valence electrons. The summed E-state index contributed by atoms with van der Waals surface area (Å²) in [5.41, 5.74) is 5.03. The monoisotopic (exact) mass is 493 g/mol. The van der Waals surface area contributed by atoms with Gasteiger partial charge < -0.3 is 4.74 Å². The first kappa shape index (κ1) is 25.0. The summed E-state index contributed by atoms with van der Waals surface area (Å²) in [6.07, 6.45) is 3.54. The van der Waals surface area contributed by atoms with Crippen LogP contribution in [-0.4, -0.2) is 43.7 Å². The van der Waals surface area contributed by atoms with Gasteiger partial charge in [0.2, 0.25) is 10.0 Å². The Morgan fingerprint density at radius 1 is 0.909 bits per heavy atom. The van der Waals surface area contributed by atoms with Crippen molar-refractivity contribution in [2.24, 2.45) is 0 Å². The van der Waals surface area contributed by atoms with E-state index in [9.17, 15) is 18.0 Å². The largest absolute Gasteiger partial charge is 0.491 e. The molecule has 3 rings (SSSR count). The summed E-state index contributed by atoms with van der Waals surface area (Å²) in [5, 5.41) is 0.0449. The number of ether oxygens (including phenoxy) is 1. The Balaban J connectivity index is 1.68. The van der Waals surface area contributed by atoms with Crippen molar-refractivity contribution in [2.45, 2.75) is 50.5 Å². The van der Waals surface area contributed by atoms with Crippen molar-refractivity contribution >= 4 is 33.4 Å². The standard InChI is InChI=1S/C23H28ClN3O5S/c1-16(2)32-19-10-7-17(8-11-19)22(28)25-26-23(29)18-9-12-20(24)21(15-18)33(30,31)27-13-5-3-4-6-14-27/h7-12,15-16H,3-6,13-14H2,1-2H3,(H,25,28)(H,26,29). The van der Waals surface area contributed by atoms with Crippen molar-refractivity contribution in [3.8, 4) is 5.75 Å². The van der Waals surface area contributed by atoms with Crippen molar-refractivity contribution in [3.63, 3.8) is 0 Å². The van der Waals surface area contributed by atoms with E-state index in [1.807, 2.05) is 13.8 Å². The van der Waals surface area contributed by atoms with E-state index in [0.29, 0.717) is 24.4 Å². The Kier molecular flexibility index (Phi) is 8.34. The van der Waals surface area contributed by atoms with Gasteiger partial charge in [0.25, 0.3) is 11.8 Å². The summed E-state index contributed by atoms with van der Waals surface area (Å²) in [4.78, 5) is 24.8. The second-order valence-electron chi connectivity index (χ2n) is 8.06. The number of hydrogen-bond acceptors (Lipinski definition) is 5. The number of nitrogens with zero attached hydrogens (tertiary/aromatic N) is 1. The maximum absolute atomic E-state index is 13.1. The number of hydrogen-bond donors (Lipinski definition) is 2. The van der Waals surface area contributed by atoms with Gasteiger partial charge in [0.05, 0.1) is 11.1 Å². The molecule has 0 aromatic heterocycles. The van der Waals surface area contributed by atoms with Gasteiger partial charge in [0.15, 0.2) is 0 Å². The van der Waals surface area contributed by atoms with Crippen LogP contribution in [-0.2, 0) is 10.0 Å². The van der Waals surface area contributed by atoms with Gasteiger partial charge in [-0.25, -0.2) is 8.42 Å². The zero-order chi connectivity index (χ0) is 24.0. The normalized spacial score (nSPS) is 15.0. The number of rotatable bonds is 6. The third kappa shape index (κ3) is 6.46. The fourth-order valence-electron chi connectivity index (χ4n) is 3.48. The molecule has 2 amide bonds. The summed E-state index contributed by atoms with van der Waals surface area (Å²) < 4.78 is 33.2. The molecule has 2 N–H and O–H groups in total. The average molecular weight is 494 g/mol. The highest BCUT2D eigenvalue weighted by atomic mass is 35.5. The fourth-order valence-corrected chi connectivity index (χ4v) is 5.50. The highest BCUT2D eigenvalue weighted by Gasteiger charge is 2.28. The SMILES string of the molecule is CC(C)Oc1ccc(C(=O)NNC(=O)c2ccc(Cl)c(S(=O)(=O)N3CCCCCC3)c2)cc1. The van der Waals surface area contributed by atoms with E-state index in [0.717, 1.165) is 25.7 Å². The van der Waals surface area contributed by atoms with Gasteiger partial charge in [-0.3, -0.25) is 20.4 Å². The molecule has 0 unspecified atom stereocenters. The number of carbonyl (C=O) groups is 2. The van der Waals surface area contributed by atoms with Crippen LogP contribution in [0.4, 0.5) is 0 Å². The van der Waals surface area contributed by atoms with E-state index < -0.39 is 21.8 Å². The molecule has 2 aromatic carbocycles. The number of halogens is 1. The molecule has 1 aliphatic rings. The predicted molar refractivity (Wildman–Crippen MR) is 126 cm³/mol. The van der Waals surface area contributed by atoms with Crippen molar-refractivity contribution in [1.29, 1.82) is 0 Å². The zero-order valence-corrected chi connectivity index (χ0v) is 20.2. The maximum atomic E-state index is 13.1. The van der Waals surface area contributed by atoms with Crippen molar-refractivity contribution in [3.05, 3.63) is 58.6 Å². The van der Waals surface area contributed by atoms with Crippen LogP contribution in [0.2, 0.25) is 5.02 Å². The van der Waals surface area contributed by atoms with Gasteiger partial charge in [0, 0.05) is 24.2 Å². The lowest BCUT2D eigenvalue weighted by molar-refractivity contribution is 0.0846. The number of nitrogens with one attached hydrogen (secondary N) is 2. The lowest BCUT2D eigenvalue weighted by atomic mass is 10.2. The first-order valence-electron chi connectivity index (χ1n) is 10.9. The minimum absolute atomic E-state index is 0.0106. The van der Waals surface area contributed by atoms with Crippen molar-refractivity contribution in [1.82, 2.24) is 15.2 Å². The molecule has 33 heavy (non-hydrogen) atoms. The molecular formula is C23H28ClN3O5S. The molecule has 0 atom stereocenters. The van der Waals surface area contributed by atoms with E-state index in [1.54, 1.807) is 24.3 Å². The van der Waals surface area contributed by atoms with E-state index in [1.165, 1.54) is 22.5 Å². The third-order valence-electron chi connectivity index (χ3n) is 5.15. The van der Waals surface area contributed by atoms with E-state index >= 15 is 0 Å². The van der Waals surface area contributed by atoms with Gasteiger partial charge >= 0.3 is 0 Å². The minimum atomic E-state index is -3.84. The second-order valence-corrected chi connectivity index (χ2v) is 10.4. The molecule has 0 bridgehead atoms. The van der Waals surface area contributed by atoms with E-state index in [2.05, 4.69) is 10.9 Å². The smallest absolute Gasteiger partial charge is 0.269 e. The summed E-state index contributed by atoms with van der Waals surface area (Å²) in [7, 11) is -3.84. The highest BCUT2D eigenvalue weighted by molar-refractivity contribution is 7.89. The summed E-state index contributed by atoms with van der Waals surface area (Å²) in [5.74, 6) is -0.553. The van der Waals surface area contributed by atoms with Crippen LogP contribution in [0.3, 0.4) is 0 Å². The van der Waals surface area contributed by atoms with Crippen molar-refractivity contribution < 1.29 is 22.7 Å². The molecule has 0 spiro atoms. The Morgan fingerprint density at radius 2 is 1.45 bits per heavy atom. The lowest BCUT2D eigenvalue weighted by Crippen LogP contribution is -2.41. The molecule has 0 aliphatic carbocycles. The van der Waals surface area contributed by atoms with Crippen LogP contribution in [0.25, 0.3) is 0 Å². The number of sulfonamides is 1. The Hall–Kier alpha value is -2.62. The predicted octanol–water partition coefficient (Wildman–Crippen LogP) is 3.77. The van der Waals surface area contributed by atoms with E-state index in [-0.39, 0.29) is 21.6 Å². The van der Waals surface area contributed by atoms with Crippen LogP contribution in [0, 0.1) is 0 Å². The summed E-state index contributed by atoms with van der Waals surface area (Å²) in [6.45, 7) is 4.65. The highest BCUT2D eigenvalue weighted by Crippen LogP contribution is 2.27. The molecule has 1 aliphatic heterocycles. The Labute approximate surface area is 199 Å². The van der Waals surface area contributed by atoms with Crippen LogP contribution in [0.1, 0.15) is 60.2 Å². The van der Waals surface area contributed by atoms with Crippen LogP contribution in [0.5, 0.6) is 5.75 Å². The van der Waals surface area contributed by atoms with Gasteiger partial charge in [0.1, 0.15) is 10.6 Å². The first-order chi connectivity index (χ1) is 15.7. The number of carbonyl (C=O) groups excluding carboxylic acids is 2. The number of amides is 2. The first-order valence-corrected chi connectivity index (χ1v) is 12.7. The van der Waals surface area contributed by atoms with Crippen LogP contribution >= 0.6 is 11.6 Å². The lowest BCUT2D eigenvalue weighted by Gasteiger charge is -2.21. The quantitative estimate of drug-likeness (QED) is 0.596. The number of benzene rings is 2. The van der Waals surface area contributed by atoms with Gasteiger partial charge in [-0.1, -0.05) is 24.4 Å². The summed E-state index contributed by atoms with van der Waals surface area (Å²) in [6, 6.07) is 10.5. The van der Waals surface area contributed by atoms with Gasteiger partial charge in [-0.2, -0.15) is 4.31 Å². The molecule has 0 saturated carbocycles. The van der Waals surface area contributed by atoms with Crippen LogP contribution < -0.4 is 15.6 Å². The molecule has 1 heterocycles. The second kappa shape index (κ2) is 11.0. The molecule has 1 fully saturated rings. The molecule has 8 nitrogen and oxygen atoms in total. The molecule has 0 radical (unpaired) electrons. The Bertz CT molecular complexity index is 1100. The van der Waals surface area contributed by atoms with Crippen LogP contribution in [0.15, 0.2) is 47.4 Å². The third-order valence-corrected chi connectivity index (χ3v) is 7.53. The zero-order valence-electron chi connectivity index (χ0n) is 18.6.